The molecule has 4 aromatic heterocycles. The maximum atomic E-state index is 13.8. The van der Waals surface area contributed by atoms with Gasteiger partial charge in [-0.2, -0.15) is 4.98 Å². The van der Waals surface area contributed by atoms with E-state index in [9.17, 15) is 4.39 Å². The Kier molecular flexibility index (Phi) is 4.31. The summed E-state index contributed by atoms with van der Waals surface area (Å²) >= 11 is 0. The van der Waals surface area contributed by atoms with Crippen molar-refractivity contribution in [1.29, 1.82) is 0 Å². The molecule has 1 atom stereocenters. The zero-order chi connectivity index (χ0) is 20.9. The Hall–Kier alpha value is -3.20. The van der Waals surface area contributed by atoms with Crippen LogP contribution in [0.1, 0.15) is 17.9 Å². The molecule has 0 N–H and O–H groups in total. The largest absolute Gasteiger partial charge is 0.404 e. The normalized spacial score (nSPS) is 19.7. The SMILES string of the molecule is Cn1cc(C2CCN(c3cnc4oc(N5CCOCC5)nc4c3)C2)c2cc(F)cnc21. The highest BCUT2D eigenvalue weighted by atomic mass is 19.1. The van der Waals surface area contributed by atoms with Crippen molar-refractivity contribution in [2.45, 2.75) is 12.3 Å². The van der Waals surface area contributed by atoms with E-state index in [0.717, 1.165) is 60.4 Å². The molecule has 0 bridgehead atoms. The molecule has 2 aliphatic heterocycles. The minimum absolute atomic E-state index is 0.299. The molecule has 2 aliphatic rings. The van der Waals surface area contributed by atoms with Gasteiger partial charge in [-0.1, -0.05) is 0 Å². The van der Waals surface area contributed by atoms with Gasteiger partial charge in [0.2, 0.25) is 5.71 Å². The second-order valence-electron chi connectivity index (χ2n) is 8.27. The van der Waals surface area contributed by atoms with Gasteiger partial charge in [0.1, 0.15) is 17.0 Å². The number of hydrogen-bond donors (Lipinski definition) is 0. The standard InChI is InChI=1S/C22H23FN6O2/c1-27-13-18(17-8-15(23)10-24-20(17)27)14-2-3-29(12-14)16-9-19-21(25-11-16)31-22(26-19)28-4-6-30-7-5-28/h8-11,13-14H,2-7,12H2,1H3. The van der Waals surface area contributed by atoms with Gasteiger partial charge in [-0.25, -0.2) is 14.4 Å². The number of morpholine rings is 1. The number of aryl methyl sites for hydroxylation is 1. The molecule has 6 heterocycles. The molecule has 0 saturated carbocycles. The molecule has 160 valence electrons. The number of fused-ring (bicyclic) bond motifs is 2. The molecule has 6 rings (SSSR count). The lowest BCUT2D eigenvalue weighted by molar-refractivity contribution is 0.120. The van der Waals surface area contributed by atoms with Gasteiger partial charge >= 0.3 is 0 Å². The molecule has 31 heavy (non-hydrogen) atoms. The minimum atomic E-state index is -0.299. The molecule has 0 amide bonds. The van der Waals surface area contributed by atoms with Crippen molar-refractivity contribution in [3.63, 3.8) is 0 Å². The molecule has 8 nitrogen and oxygen atoms in total. The smallest absolute Gasteiger partial charge is 0.299 e. The monoisotopic (exact) mass is 422 g/mol. The van der Waals surface area contributed by atoms with Crippen molar-refractivity contribution < 1.29 is 13.5 Å². The Labute approximate surface area is 178 Å². The number of halogens is 1. The fourth-order valence-electron chi connectivity index (χ4n) is 4.70. The third-order valence-electron chi connectivity index (χ3n) is 6.31. The van der Waals surface area contributed by atoms with Crippen LogP contribution in [0.25, 0.3) is 22.3 Å². The highest BCUT2D eigenvalue weighted by Gasteiger charge is 2.28. The van der Waals surface area contributed by atoms with Gasteiger partial charge in [0, 0.05) is 50.7 Å². The minimum Gasteiger partial charge on any atom is -0.404 e. The van der Waals surface area contributed by atoms with E-state index in [1.807, 2.05) is 23.9 Å². The van der Waals surface area contributed by atoms with Crippen LogP contribution in [-0.4, -0.2) is 58.9 Å². The molecule has 2 fully saturated rings. The van der Waals surface area contributed by atoms with Crippen LogP contribution in [0.2, 0.25) is 0 Å². The first kappa shape index (κ1) is 18.6. The number of rotatable bonds is 3. The zero-order valence-electron chi connectivity index (χ0n) is 17.3. The number of hydrogen-bond acceptors (Lipinski definition) is 7. The number of pyridine rings is 2. The summed E-state index contributed by atoms with van der Waals surface area (Å²) in [6.07, 6.45) is 6.20. The van der Waals surface area contributed by atoms with Crippen molar-refractivity contribution in [2.75, 3.05) is 49.2 Å². The second kappa shape index (κ2) is 7.19. The van der Waals surface area contributed by atoms with E-state index in [1.54, 1.807) is 6.07 Å². The summed E-state index contributed by atoms with van der Waals surface area (Å²) in [5.41, 5.74) is 4.31. The highest BCUT2D eigenvalue weighted by Crippen LogP contribution is 2.36. The van der Waals surface area contributed by atoms with E-state index in [2.05, 4.69) is 30.9 Å². The van der Waals surface area contributed by atoms with Crippen LogP contribution in [0, 0.1) is 5.82 Å². The van der Waals surface area contributed by atoms with Crippen molar-refractivity contribution in [2.24, 2.45) is 7.05 Å². The molecule has 0 aliphatic carbocycles. The van der Waals surface area contributed by atoms with E-state index in [4.69, 9.17) is 9.15 Å². The van der Waals surface area contributed by atoms with Crippen molar-refractivity contribution >= 4 is 34.0 Å². The van der Waals surface area contributed by atoms with Gasteiger partial charge in [-0.05, 0) is 24.1 Å². The Balaban J connectivity index is 1.26. The molecule has 4 aromatic rings. The lowest BCUT2D eigenvalue weighted by Gasteiger charge is -2.24. The topological polar surface area (TPSA) is 72.5 Å². The number of aromatic nitrogens is 4. The maximum Gasteiger partial charge on any atom is 0.299 e. The number of nitrogens with zero attached hydrogens (tertiary/aromatic N) is 6. The van der Waals surface area contributed by atoms with Crippen molar-refractivity contribution in [3.8, 4) is 0 Å². The third kappa shape index (κ3) is 3.20. The molecule has 1 unspecified atom stereocenters. The van der Waals surface area contributed by atoms with Crippen LogP contribution in [-0.2, 0) is 11.8 Å². The average molecular weight is 422 g/mol. The van der Waals surface area contributed by atoms with Crippen LogP contribution >= 0.6 is 0 Å². The lowest BCUT2D eigenvalue weighted by atomic mass is 9.99. The van der Waals surface area contributed by atoms with Gasteiger partial charge in [-0.3, -0.25) is 0 Å². The summed E-state index contributed by atoms with van der Waals surface area (Å²) in [4.78, 5) is 17.8. The first-order valence-electron chi connectivity index (χ1n) is 10.6. The summed E-state index contributed by atoms with van der Waals surface area (Å²) in [5, 5.41) is 0.898. The van der Waals surface area contributed by atoms with E-state index >= 15 is 0 Å². The summed E-state index contributed by atoms with van der Waals surface area (Å²) in [6.45, 7) is 4.66. The molecule has 0 radical (unpaired) electrons. The highest BCUT2D eigenvalue weighted by molar-refractivity contribution is 5.81. The maximum absolute atomic E-state index is 13.8. The van der Waals surface area contributed by atoms with E-state index in [1.165, 1.54) is 6.20 Å². The summed E-state index contributed by atoms with van der Waals surface area (Å²) in [6, 6.07) is 4.24. The summed E-state index contributed by atoms with van der Waals surface area (Å²) in [7, 11) is 1.96. The molecule has 0 spiro atoms. The molecular formula is C22H23FN6O2. The third-order valence-corrected chi connectivity index (χ3v) is 6.31. The fraction of sp³-hybridized carbons (Fsp3) is 0.409. The Bertz CT molecular complexity index is 1260. The molecular weight excluding hydrogens is 399 g/mol. The first-order valence-corrected chi connectivity index (χ1v) is 10.6. The van der Waals surface area contributed by atoms with E-state index in [0.29, 0.717) is 30.9 Å². The lowest BCUT2D eigenvalue weighted by Crippen LogP contribution is -2.36. The van der Waals surface area contributed by atoms with Crippen LogP contribution in [0.15, 0.2) is 35.1 Å². The zero-order valence-corrected chi connectivity index (χ0v) is 17.3. The van der Waals surface area contributed by atoms with Gasteiger partial charge in [0.25, 0.3) is 6.01 Å². The van der Waals surface area contributed by atoms with Gasteiger partial charge < -0.3 is 23.5 Å². The Morgan fingerprint density at radius 3 is 2.81 bits per heavy atom. The first-order chi connectivity index (χ1) is 15.2. The van der Waals surface area contributed by atoms with Gasteiger partial charge in [-0.15, -0.1) is 0 Å². The van der Waals surface area contributed by atoms with Gasteiger partial charge in [0.15, 0.2) is 0 Å². The molecule has 9 heteroatoms. The van der Waals surface area contributed by atoms with Crippen molar-refractivity contribution in [1.82, 2.24) is 19.5 Å². The molecule has 2 saturated heterocycles. The van der Waals surface area contributed by atoms with Crippen molar-refractivity contribution in [3.05, 3.63) is 42.1 Å². The Morgan fingerprint density at radius 1 is 1.06 bits per heavy atom. The predicted molar refractivity (Wildman–Crippen MR) is 115 cm³/mol. The van der Waals surface area contributed by atoms with Crippen LogP contribution in [0.3, 0.4) is 0 Å². The van der Waals surface area contributed by atoms with E-state index in [-0.39, 0.29) is 5.82 Å². The van der Waals surface area contributed by atoms with E-state index < -0.39 is 0 Å². The Morgan fingerprint density at radius 2 is 1.94 bits per heavy atom. The second-order valence-corrected chi connectivity index (χ2v) is 8.27. The quantitative estimate of drug-likeness (QED) is 0.502. The van der Waals surface area contributed by atoms with Gasteiger partial charge in [0.05, 0.1) is 31.3 Å². The number of anilines is 2. The van der Waals surface area contributed by atoms with Crippen LogP contribution in [0.4, 0.5) is 16.1 Å². The number of ether oxygens (including phenoxy) is 1. The summed E-state index contributed by atoms with van der Waals surface area (Å²) < 4.78 is 27.1. The fourth-order valence-corrected chi connectivity index (χ4v) is 4.70. The van der Waals surface area contributed by atoms with Crippen LogP contribution < -0.4 is 9.80 Å². The predicted octanol–water partition coefficient (Wildman–Crippen LogP) is 3.08. The average Bonchev–Trinajstić information content (AvgIpc) is 3.51. The number of oxazole rings is 1. The van der Waals surface area contributed by atoms with Crippen LogP contribution in [0.5, 0.6) is 0 Å². The summed E-state index contributed by atoms with van der Waals surface area (Å²) in [5.74, 6) is 0.00998. The molecule has 0 aromatic carbocycles.